The van der Waals surface area contributed by atoms with Crippen molar-refractivity contribution in [1.29, 1.82) is 0 Å². The molecule has 1 aromatic carbocycles. The van der Waals surface area contributed by atoms with Crippen molar-refractivity contribution in [3.63, 3.8) is 0 Å². The summed E-state index contributed by atoms with van der Waals surface area (Å²) >= 11 is 7.48. The molecule has 0 spiro atoms. The molecule has 0 bridgehead atoms. The molecule has 1 fully saturated rings. The zero-order chi connectivity index (χ0) is 12.4. The van der Waals surface area contributed by atoms with E-state index >= 15 is 0 Å². The second-order valence-electron chi connectivity index (χ2n) is 4.59. The van der Waals surface area contributed by atoms with Gasteiger partial charge in [-0.2, -0.15) is 11.8 Å². The molecule has 0 radical (unpaired) electrons. The smallest absolute Gasteiger partial charge is 0.177 e. The fourth-order valence-electron chi connectivity index (χ4n) is 2.50. The number of nitrogens with zero attached hydrogens (tertiary/aromatic N) is 1. The Labute approximate surface area is 116 Å². The van der Waals surface area contributed by atoms with Crippen LogP contribution in [0.15, 0.2) is 36.5 Å². The van der Waals surface area contributed by atoms with Crippen LogP contribution in [0.5, 0.6) is 0 Å². The lowest BCUT2D eigenvalue weighted by molar-refractivity contribution is 0.498. The van der Waals surface area contributed by atoms with Gasteiger partial charge in [-0.15, -0.1) is 0 Å². The van der Waals surface area contributed by atoms with Crippen molar-refractivity contribution in [3.8, 4) is 11.3 Å². The second kappa shape index (κ2) is 5.33. The zero-order valence-electron chi connectivity index (χ0n) is 10.1. The predicted molar refractivity (Wildman–Crippen MR) is 80.6 cm³/mol. The van der Waals surface area contributed by atoms with E-state index in [2.05, 4.69) is 33.8 Å². The number of thioether (sulfide) groups is 1. The molecule has 94 valence electrons. The van der Waals surface area contributed by atoms with Crippen LogP contribution in [0.25, 0.3) is 11.3 Å². The van der Waals surface area contributed by atoms with Crippen molar-refractivity contribution in [1.82, 2.24) is 9.55 Å². The minimum atomic E-state index is 0.540. The van der Waals surface area contributed by atoms with Crippen molar-refractivity contribution in [2.75, 3.05) is 11.5 Å². The summed E-state index contributed by atoms with van der Waals surface area (Å²) in [5.41, 5.74) is 2.45. The molecule has 1 aliphatic heterocycles. The lowest BCUT2D eigenvalue weighted by Crippen LogP contribution is -2.17. The van der Waals surface area contributed by atoms with E-state index in [0.29, 0.717) is 6.04 Å². The van der Waals surface area contributed by atoms with Crippen LogP contribution in [-0.4, -0.2) is 21.1 Å². The number of rotatable bonds is 2. The van der Waals surface area contributed by atoms with Gasteiger partial charge in [-0.25, -0.2) is 0 Å². The zero-order valence-corrected chi connectivity index (χ0v) is 11.8. The van der Waals surface area contributed by atoms with Gasteiger partial charge in [-0.05, 0) is 36.4 Å². The monoisotopic (exact) mass is 276 g/mol. The molecule has 2 nitrogen and oxygen atoms in total. The molecule has 1 N–H and O–H groups in total. The number of imidazole rings is 1. The van der Waals surface area contributed by atoms with E-state index in [1.165, 1.54) is 35.6 Å². The van der Waals surface area contributed by atoms with Crippen molar-refractivity contribution >= 4 is 24.0 Å². The van der Waals surface area contributed by atoms with Crippen LogP contribution in [0.4, 0.5) is 0 Å². The Morgan fingerprint density at radius 3 is 2.83 bits per heavy atom. The predicted octanol–water partition coefficient (Wildman–Crippen LogP) is 4.28. The third kappa shape index (κ3) is 2.27. The maximum Gasteiger partial charge on any atom is 0.177 e. The van der Waals surface area contributed by atoms with Gasteiger partial charge in [0.25, 0.3) is 0 Å². The Kier molecular flexibility index (Phi) is 3.57. The summed E-state index contributed by atoms with van der Waals surface area (Å²) in [6.45, 7) is 0. The molecule has 1 unspecified atom stereocenters. The van der Waals surface area contributed by atoms with Gasteiger partial charge in [0.15, 0.2) is 4.77 Å². The minimum Gasteiger partial charge on any atom is -0.337 e. The molecular formula is C14H16N2S2. The summed E-state index contributed by atoms with van der Waals surface area (Å²) in [5.74, 6) is 2.46. The first kappa shape index (κ1) is 12.1. The van der Waals surface area contributed by atoms with Crippen molar-refractivity contribution < 1.29 is 0 Å². The molecule has 0 aliphatic carbocycles. The van der Waals surface area contributed by atoms with Gasteiger partial charge in [0, 0.05) is 18.0 Å². The van der Waals surface area contributed by atoms with Gasteiger partial charge in [0.05, 0.1) is 5.69 Å². The van der Waals surface area contributed by atoms with Crippen LogP contribution < -0.4 is 0 Å². The Balaban J connectivity index is 2.03. The molecule has 1 atom stereocenters. The van der Waals surface area contributed by atoms with Gasteiger partial charge in [-0.3, -0.25) is 0 Å². The number of benzene rings is 1. The van der Waals surface area contributed by atoms with Crippen LogP contribution >= 0.6 is 24.0 Å². The first-order chi connectivity index (χ1) is 8.86. The molecule has 0 saturated carbocycles. The third-order valence-corrected chi connectivity index (χ3v) is 4.89. The van der Waals surface area contributed by atoms with E-state index in [9.17, 15) is 0 Å². The largest absolute Gasteiger partial charge is 0.337 e. The topological polar surface area (TPSA) is 20.7 Å². The fourth-order valence-corrected chi connectivity index (χ4v) is 3.93. The van der Waals surface area contributed by atoms with Crippen LogP contribution in [0.2, 0.25) is 0 Å². The number of aromatic amines is 1. The number of nitrogens with one attached hydrogen (secondary N) is 1. The number of H-pyrrole nitrogens is 1. The highest BCUT2D eigenvalue weighted by Gasteiger charge is 2.19. The van der Waals surface area contributed by atoms with Crippen molar-refractivity contribution in [2.45, 2.75) is 18.9 Å². The van der Waals surface area contributed by atoms with Gasteiger partial charge in [-0.1, -0.05) is 30.3 Å². The molecular weight excluding hydrogens is 260 g/mol. The Bertz CT molecular complexity index is 565. The molecule has 1 aromatic heterocycles. The molecule has 0 amide bonds. The molecule has 18 heavy (non-hydrogen) atoms. The molecule has 4 heteroatoms. The summed E-state index contributed by atoms with van der Waals surface area (Å²) in [6.07, 6.45) is 4.56. The summed E-state index contributed by atoms with van der Waals surface area (Å²) < 4.78 is 3.15. The average Bonchev–Trinajstić information content (AvgIpc) is 2.83. The highest BCUT2D eigenvalue weighted by Crippen LogP contribution is 2.31. The Morgan fingerprint density at radius 1 is 1.28 bits per heavy atom. The van der Waals surface area contributed by atoms with Crippen LogP contribution in [-0.2, 0) is 0 Å². The van der Waals surface area contributed by atoms with Gasteiger partial charge in [0.2, 0.25) is 0 Å². The standard InChI is InChI=1S/C14H16N2S2/c17-14-15-9-13(11-5-2-1-3-6-11)16(14)12-7-4-8-18-10-12/h1-3,5-6,9,12H,4,7-8,10H2,(H,15,17). The summed E-state index contributed by atoms with van der Waals surface area (Å²) in [7, 11) is 0. The molecule has 2 heterocycles. The van der Waals surface area contributed by atoms with Gasteiger partial charge >= 0.3 is 0 Å². The highest BCUT2D eigenvalue weighted by molar-refractivity contribution is 7.99. The van der Waals surface area contributed by atoms with E-state index in [1.54, 1.807) is 0 Å². The average molecular weight is 276 g/mol. The summed E-state index contributed by atoms with van der Waals surface area (Å²) in [5, 5.41) is 0. The lowest BCUT2D eigenvalue weighted by atomic mass is 10.1. The Morgan fingerprint density at radius 2 is 2.11 bits per heavy atom. The summed E-state index contributed by atoms with van der Waals surface area (Å²) in [4.78, 5) is 3.20. The summed E-state index contributed by atoms with van der Waals surface area (Å²) in [6, 6.07) is 11.0. The number of hydrogen-bond donors (Lipinski definition) is 1. The van der Waals surface area contributed by atoms with E-state index < -0.39 is 0 Å². The molecule has 1 aliphatic rings. The second-order valence-corrected chi connectivity index (χ2v) is 6.12. The third-order valence-electron chi connectivity index (χ3n) is 3.38. The van der Waals surface area contributed by atoms with Crippen LogP contribution in [0.1, 0.15) is 18.9 Å². The quantitative estimate of drug-likeness (QED) is 0.826. The van der Waals surface area contributed by atoms with E-state index in [0.717, 1.165) is 4.77 Å². The van der Waals surface area contributed by atoms with Crippen LogP contribution in [0.3, 0.4) is 0 Å². The van der Waals surface area contributed by atoms with Gasteiger partial charge < -0.3 is 9.55 Å². The van der Waals surface area contributed by atoms with E-state index in [-0.39, 0.29) is 0 Å². The minimum absolute atomic E-state index is 0.540. The highest BCUT2D eigenvalue weighted by atomic mass is 32.2. The van der Waals surface area contributed by atoms with E-state index in [1.807, 2.05) is 24.0 Å². The lowest BCUT2D eigenvalue weighted by Gasteiger charge is -2.24. The van der Waals surface area contributed by atoms with Crippen LogP contribution in [0, 0.1) is 4.77 Å². The first-order valence-corrected chi connectivity index (χ1v) is 7.85. The van der Waals surface area contributed by atoms with E-state index in [4.69, 9.17) is 12.2 Å². The molecule has 3 rings (SSSR count). The SMILES string of the molecule is S=c1[nH]cc(-c2ccccc2)n1C1CCCSC1. The van der Waals surface area contributed by atoms with Crippen molar-refractivity contribution in [3.05, 3.63) is 41.3 Å². The maximum atomic E-state index is 5.45. The number of aromatic nitrogens is 2. The maximum absolute atomic E-state index is 5.45. The Hall–Kier alpha value is -1.000. The molecule has 2 aromatic rings. The fraction of sp³-hybridized carbons (Fsp3) is 0.357. The van der Waals surface area contributed by atoms with Crippen molar-refractivity contribution in [2.24, 2.45) is 0 Å². The van der Waals surface area contributed by atoms with Gasteiger partial charge in [0.1, 0.15) is 0 Å². The number of hydrogen-bond acceptors (Lipinski definition) is 2. The molecule has 1 saturated heterocycles. The first-order valence-electron chi connectivity index (χ1n) is 6.29. The normalized spacial score (nSPS) is 19.9.